The third-order valence-electron chi connectivity index (χ3n) is 5.65. The molecule has 6 nitrogen and oxygen atoms in total. The van der Waals surface area contributed by atoms with Crippen LogP contribution in [0.25, 0.3) is 0 Å². The van der Waals surface area contributed by atoms with Crippen molar-refractivity contribution in [2.45, 2.75) is 33.2 Å². The number of amides is 3. The van der Waals surface area contributed by atoms with E-state index in [2.05, 4.69) is 10.6 Å². The highest BCUT2D eigenvalue weighted by Gasteiger charge is 2.42. The molecule has 33 heavy (non-hydrogen) atoms. The van der Waals surface area contributed by atoms with Crippen LogP contribution in [-0.2, 0) is 4.79 Å². The number of carbonyl (C=O) groups excluding carboxylic acids is 3. The van der Waals surface area contributed by atoms with Crippen molar-refractivity contribution in [1.82, 2.24) is 4.90 Å². The van der Waals surface area contributed by atoms with Crippen molar-refractivity contribution in [3.8, 4) is 0 Å². The number of carbonyl (C=O) groups is 3. The fourth-order valence-corrected chi connectivity index (χ4v) is 3.98. The lowest BCUT2D eigenvalue weighted by molar-refractivity contribution is -0.120. The summed E-state index contributed by atoms with van der Waals surface area (Å²) in [6, 6.07) is 21.1. The second-order valence-electron chi connectivity index (χ2n) is 8.70. The van der Waals surface area contributed by atoms with Crippen LogP contribution in [0.4, 0.5) is 17.1 Å². The lowest BCUT2D eigenvalue weighted by Crippen LogP contribution is -2.48. The van der Waals surface area contributed by atoms with Crippen LogP contribution in [-0.4, -0.2) is 28.7 Å². The fourth-order valence-electron chi connectivity index (χ4n) is 3.98. The first-order valence-electron chi connectivity index (χ1n) is 11.1. The Hall–Kier alpha value is -3.93. The Morgan fingerprint density at radius 1 is 0.818 bits per heavy atom. The van der Waals surface area contributed by atoms with Crippen LogP contribution in [0.15, 0.2) is 72.8 Å². The number of fused-ring (bicyclic) bond motifs is 1. The average molecular weight is 442 g/mol. The number of hydrogen-bond acceptors (Lipinski definition) is 4. The molecule has 0 spiro atoms. The smallest absolute Gasteiger partial charge is 0.262 e. The number of nitrogens with zero attached hydrogens (tertiary/aromatic N) is 1. The van der Waals surface area contributed by atoms with Gasteiger partial charge in [-0.1, -0.05) is 55.8 Å². The van der Waals surface area contributed by atoms with Crippen molar-refractivity contribution in [1.29, 1.82) is 0 Å². The van der Waals surface area contributed by atoms with E-state index in [-0.39, 0.29) is 5.92 Å². The molecule has 0 fully saturated rings. The molecule has 3 aromatic carbocycles. The van der Waals surface area contributed by atoms with Gasteiger partial charge in [0.15, 0.2) is 0 Å². The predicted octanol–water partition coefficient (Wildman–Crippen LogP) is 5.39. The maximum absolute atomic E-state index is 13.4. The molecule has 1 heterocycles. The molecule has 0 aliphatic carbocycles. The largest absolute Gasteiger partial charge is 0.354 e. The second-order valence-corrected chi connectivity index (χ2v) is 8.70. The van der Waals surface area contributed by atoms with E-state index in [1.165, 1.54) is 0 Å². The maximum Gasteiger partial charge on any atom is 0.262 e. The zero-order valence-corrected chi connectivity index (χ0v) is 19.0. The predicted molar refractivity (Wildman–Crippen MR) is 130 cm³/mol. The normalized spacial score (nSPS) is 13.8. The summed E-state index contributed by atoms with van der Waals surface area (Å²) in [5.74, 6) is -1.15. The minimum absolute atomic E-state index is 0.103. The van der Waals surface area contributed by atoms with Gasteiger partial charge in [-0.05, 0) is 55.7 Å². The number of rotatable bonds is 7. The molecule has 1 aliphatic heterocycles. The van der Waals surface area contributed by atoms with E-state index in [1.807, 2.05) is 63.2 Å². The van der Waals surface area contributed by atoms with Gasteiger partial charge in [-0.25, -0.2) is 0 Å². The van der Waals surface area contributed by atoms with E-state index in [1.54, 1.807) is 30.3 Å². The molecule has 1 atom stereocenters. The van der Waals surface area contributed by atoms with Crippen LogP contribution in [0.1, 0.15) is 46.5 Å². The molecule has 1 aliphatic rings. The van der Waals surface area contributed by atoms with Gasteiger partial charge < -0.3 is 10.6 Å². The second kappa shape index (κ2) is 9.28. The summed E-state index contributed by atoms with van der Waals surface area (Å²) in [6.45, 7) is 5.95. The molecule has 168 valence electrons. The molecule has 6 heteroatoms. The number of imide groups is 1. The van der Waals surface area contributed by atoms with Crippen LogP contribution < -0.4 is 10.6 Å². The van der Waals surface area contributed by atoms with E-state index in [0.717, 1.165) is 21.8 Å². The molecular weight excluding hydrogens is 414 g/mol. The van der Waals surface area contributed by atoms with Crippen LogP contribution in [0.3, 0.4) is 0 Å². The van der Waals surface area contributed by atoms with Gasteiger partial charge in [0.2, 0.25) is 5.91 Å². The lowest BCUT2D eigenvalue weighted by Gasteiger charge is -2.27. The summed E-state index contributed by atoms with van der Waals surface area (Å²) in [5, 5.41) is 6.27. The number of benzene rings is 3. The zero-order valence-electron chi connectivity index (χ0n) is 19.0. The van der Waals surface area contributed by atoms with Gasteiger partial charge in [0.25, 0.3) is 11.8 Å². The van der Waals surface area contributed by atoms with E-state index < -0.39 is 23.8 Å². The van der Waals surface area contributed by atoms with Crippen molar-refractivity contribution in [2.24, 2.45) is 5.92 Å². The Morgan fingerprint density at radius 3 is 1.94 bits per heavy atom. The molecule has 1 unspecified atom stereocenters. The Balaban J connectivity index is 1.60. The van der Waals surface area contributed by atoms with Crippen molar-refractivity contribution in [3.63, 3.8) is 0 Å². The summed E-state index contributed by atoms with van der Waals surface area (Å²) in [7, 11) is 0. The standard InChI is InChI=1S/C27H27N3O3/c1-17(2)16-24(30-26(32)20-8-4-5-9-21(20)27(30)33)25(31)29-23-11-7-6-10-22(23)28-19-14-12-18(3)13-15-19/h4-15,17,24,28H,16H2,1-3H3,(H,29,31). The Bertz CT molecular complexity index is 1170. The summed E-state index contributed by atoms with van der Waals surface area (Å²) in [4.78, 5) is 40.6. The highest BCUT2D eigenvalue weighted by atomic mass is 16.2. The van der Waals surface area contributed by atoms with Crippen molar-refractivity contribution < 1.29 is 14.4 Å². The van der Waals surface area contributed by atoms with Crippen LogP contribution in [0.5, 0.6) is 0 Å². The molecule has 0 radical (unpaired) electrons. The first-order valence-corrected chi connectivity index (χ1v) is 11.1. The Labute approximate surface area is 193 Å². The third-order valence-corrected chi connectivity index (χ3v) is 5.65. The summed E-state index contributed by atoms with van der Waals surface area (Å²) < 4.78 is 0. The average Bonchev–Trinajstić information content (AvgIpc) is 3.05. The summed E-state index contributed by atoms with van der Waals surface area (Å²) in [6.07, 6.45) is 0.366. The first kappa shape index (κ1) is 22.3. The number of nitrogens with one attached hydrogen (secondary N) is 2. The Morgan fingerprint density at radius 2 is 1.36 bits per heavy atom. The molecule has 3 aromatic rings. The number of hydrogen-bond donors (Lipinski definition) is 2. The number of anilines is 3. The topological polar surface area (TPSA) is 78.5 Å². The van der Waals surface area contributed by atoms with Gasteiger partial charge in [-0.15, -0.1) is 0 Å². The highest BCUT2D eigenvalue weighted by molar-refractivity contribution is 6.23. The monoisotopic (exact) mass is 441 g/mol. The van der Waals surface area contributed by atoms with Gasteiger partial charge in [0, 0.05) is 5.69 Å². The third kappa shape index (κ3) is 4.65. The van der Waals surface area contributed by atoms with Crippen LogP contribution in [0, 0.1) is 12.8 Å². The minimum Gasteiger partial charge on any atom is -0.354 e. The van der Waals surface area contributed by atoms with Gasteiger partial charge in [-0.3, -0.25) is 19.3 Å². The van der Waals surface area contributed by atoms with Gasteiger partial charge in [0.1, 0.15) is 6.04 Å². The fraction of sp³-hybridized carbons (Fsp3) is 0.222. The van der Waals surface area contributed by atoms with Crippen molar-refractivity contribution in [3.05, 3.63) is 89.5 Å². The quantitative estimate of drug-likeness (QED) is 0.482. The van der Waals surface area contributed by atoms with E-state index in [9.17, 15) is 14.4 Å². The van der Waals surface area contributed by atoms with Gasteiger partial charge >= 0.3 is 0 Å². The van der Waals surface area contributed by atoms with Gasteiger partial charge in [-0.2, -0.15) is 0 Å². The summed E-state index contributed by atoms with van der Waals surface area (Å²) in [5.41, 5.74) is 4.02. The molecule has 4 rings (SSSR count). The highest BCUT2D eigenvalue weighted by Crippen LogP contribution is 2.30. The number of aryl methyl sites for hydroxylation is 1. The molecule has 0 saturated heterocycles. The van der Waals surface area contributed by atoms with Crippen LogP contribution >= 0.6 is 0 Å². The molecule has 0 bridgehead atoms. The number of para-hydroxylation sites is 2. The van der Waals surface area contributed by atoms with E-state index in [0.29, 0.717) is 23.2 Å². The molecule has 2 N–H and O–H groups in total. The maximum atomic E-state index is 13.4. The van der Waals surface area contributed by atoms with Crippen molar-refractivity contribution >= 4 is 34.8 Å². The molecule has 0 saturated carbocycles. The SMILES string of the molecule is Cc1ccc(Nc2ccccc2NC(=O)C(CC(C)C)N2C(=O)c3ccccc3C2=O)cc1. The lowest BCUT2D eigenvalue weighted by atomic mass is 10.0. The zero-order chi connectivity index (χ0) is 23.5. The van der Waals surface area contributed by atoms with Gasteiger partial charge in [0.05, 0.1) is 22.5 Å². The van der Waals surface area contributed by atoms with E-state index in [4.69, 9.17) is 0 Å². The van der Waals surface area contributed by atoms with E-state index >= 15 is 0 Å². The van der Waals surface area contributed by atoms with Crippen LogP contribution in [0.2, 0.25) is 0 Å². The summed E-state index contributed by atoms with van der Waals surface area (Å²) >= 11 is 0. The minimum atomic E-state index is -0.912. The molecule has 3 amide bonds. The Kier molecular flexibility index (Phi) is 6.27. The first-order chi connectivity index (χ1) is 15.8. The molecule has 0 aromatic heterocycles. The van der Waals surface area contributed by atoms with Crippen molar-refractivity contribution in [2.75, 3.05) is 10.6 Å². The molecular formula is C27H27N3O3.